The Balaban J connectivity index is 0. The Morgan fingerprint density at radius 3 is 1.71 bits per heavy atom. The molecule has 0 aromatic rings. The first kappa shape index (κ1) is 10.1. The molecular formula is CH7FO3SSi. The van der Waals surface area contributed by atoms with E-state index in [1.54, 1.807) is 0 Å². The summed E-state index contributed by atoms with van der Waals surface area (Å²) in [5, 5.41) is 0. The van der Waals surface area contributed by atoms with Gasteiger partial charge in [-0.05, 0) is 15.5 Å². The van der Waals surface area contributed by atoms with Crippen LogP contribution >= 0.6 is 0 Å². The molecule has 46 valence electrons. The number of hydrogen-bond acceptors (Lipinski definition) is 3. The minimum Gasteiger partial charge on any atom is -0.197 e. The van der Waals surface area contributed by atoms with E-state index < -0.39 is 10.1 Å². The van der Waals surface area contributed by atoms with Crippen LogP contribution in [0.1, 0.15) is 0 Å². The van der Waals surface area contributed by atoms with Gasteiger partial charge < -0.3 is 0 Å². The fraction of sp³-hybridized carbons (Fsp3) is 1.00. The first-order valence-corrected chi connectivity index (χ1v) is 2.88. The summed E-state index contributed by atoms with van der Waals surface area (Å²) >= 11 is 0. The zero-order valence-electron chi connectivity index (χ0n) is 3.01. The van der Waals surface area contributed by atoms with Gasteiger partial charge in [0.05, 0.1) is 6.26 Å². The third-order valence-electron chi connectivity index (χ3n) is 0.114. The van der Waals surface area contributed by atoms with Gasteiger partial charge in [0.1, 0.15) is 0 Å². The number of halogens is 1. The molecule has 0 N–H and O–H groups in total. The highest BCUT2D eigenvalue weighted by Gasteiger charge is 1.95. The first-order valence-electron chi connectivity index (χ1n) is 1.06. The molecule has 0 aliphatic heterocycles. The third kappa shape index (κ3) is 10.7. The van der Waals surface area contributed by atoms with Crippen LogP contribution in [0.25, 0.3) is 0 Å². The van der Waals surface area contributed by atoms with E-state index in [9.17, 15) is 12.9 Å². The molecular weight excluding hydrogens is 139 g/mol. The van der Waals surface area contributed by atoms with Gasteiger partial charge in [-0.3, -0.25) is 0 Å². The van der Waals surface area contributed by atoms with E-state index in [4.69, 9.17) is 0 Å². The molecule has 7 heavy (non-hydrogen) atoms. The second kappa shape index (κ2) is 3.11. The van der Waals surface area contributed by atoms with Crippen molar-refractivity contribution in [3.8, 4) is 0 Å². The average Bonchev–Trinajstić information content (AvgIpc) is 1.35. The Labute approximate surface area is 45.5 Å². The summed E-state index contributed by atoms with van der Waals surface area (Å²) in [6.07, 6.45) is 0.618. The molecule has 0 saturated carbocycles. The molecule has 0 aromatic heterocycles. The molecule has 0 aliphatic carbocycles. The van der Waals surface area contributed by atoms with Crippen molar-refractivity contribution in [3.63, 3.8) is 0 Å². The van der Waals surface area contributed by atoms with Crippen LogP contribution in [0.4, 0.5) is 4.53 Å². The van der Waals surface area contributed by atoms with Gasteiger partial charge in [0.25, 0.3) is 10.1 Å². The Kier molecular flexibility index (Phi) is 4.50. The second-order valence-electron chi connectivity index (χ2n) is 0.767. The minimum atomic E-state index is -3.83. The molecule has 0 saturated heterocycles. The summed E-state index contributed by atoms with van der Waals surface area (Å²) in [6, 6.07) is 0. The van der Waals surface area contributed by atoms with E-state index >= 15 is 0 Å². The highest BCUT2D eigenvalue weighted by Crippen LogP contribution is 1.82. The van der Waals surface area contributed by atoms with Crippen molar-refractivity contribution in [2.24, 2.45) is 0 Å². The van der Waals surface area contributed by atoms with Crippen molar-refractivity contribution in [2.75, 3.05) is 6.26 Å². The summed E-state index contributed by atoms with van der Waals surface area (Å²) in [7, 11) is -3.83. The smallest absolute Gasteiger partial charge is 0.197 e. The van der Waals surface area contributed by atoms with Crippen LogP contribution in [-0.4, -0.2) is 25.6 Å². The molecule has 0 spiro atoms. The molecule has 0 heterocycles. The summed E-state index contributed by atoms with van der Waals surface area (Å²) in [6.45, 7) is 0. The van der Waals surface area contributed by atoms with Gasteiger partial charge in [0.15, 0.2) is 0 Å². The monoisotopic (exact) mass is 146 g/mol. The predicted molar refractivity (Wildman–Crippen MR) is 28.4 cm³/mol. The largest absolute Gasteiger partial charge is 0.295 e. The number of rotatable bonds is 1. The summed E-state index contributed by atoms with van der Waals surface area (Å²) in [5.41, 5.74) is 0. The Bertz CT molecular complexity index is 117. The van der Waals surface area contributed by atoms with E-state index in [1.165, 1.54) is 0 Å². The van der Waals surface area contributed by atoms with Crippen molar-refractivity contribution < 1.29 is 17.3 Å². The molecule has 0 amide bonds. The zero-order valence-corrected chi connectivity index (χ0v) is 3.83. The zero-order chi connectivity index (χ0) is 5.21. The lowest BCUT2D eigenvalue weighted by atomic mass is 12.0. The van der Waals surface area contributed by atoms with Crippen molar-refractivity contribution >= 4 is 21.1 Å². The quantitative estimate of drug-likeness (QED) is 0.418. The maximum absolute atomic E-state index is 10.4. The average molecular weight is 146 g/mol. The van der Waals surface area contributed by atoms with Crippen LogP contribution in [0.2, 0.25) is 0 Å². The van der Waals surface area contributed by atoms with Crippen LogP contribution in [0, 0.1) is 0 Å². The van der Waals surface area contributed by atoms with Crippen LogP contribution in [0.3, 0.4) is 0 Å². The topological polar surface area (TPSA) is 43.4 Å². The van der Waals surface area contributed by atoms with Crippen molar-refractivity contribution in [1.29, 1.82) is 0 Å². The maximum Gasteiger partial charge on any atom is 0.295 e. The van der Waals surface area contributed by atoms with Gasteiger partial charge in [-0.25, -0.2) is 0 Å². The van der Waals surface area contributed by atoms with Crippen LogP contribution < -0.4 is 0 Å². The molecule has 0 rings (SSSR count). The maximum atomic E-state index is 10.4. The summed E-state index contributed by atoms with van der Waals surface area (Å²) in [5.74, 6) is 0. The van der Waals surface area contributed by atoms with Crippen LogP contribution in [0.15, 0.2) is 0 Å². The number of hydrogen-bond donors (Lipinski definition) is 0. The van der Waals surface area contributed by atoms with E-state index in [0.717, 1.165) is 0 Å². The summed E-state index contributed by atoms with van der Waals surface area (Å²) in [4.78, 5) is 0. The Morgan fingerprint density at radius 1 is 1.57 bits per heavy atom. The van der Waals surface area contributed by atoms with E-state index in [-0.39, 0.29) is 11.0 Å². The van der Waals surface area contributed by atoms with Crippen molar-refractivity contribution in [3.05, 3.63) is 0 Å². The second-order valence-corrected chi connectivity index (χ2v) is 2.30. The van der Waals surface area contributed by atoms with Crippen LogP contribution in [-0.2, 0) is 14.5 Å². The lowest BCUT2D eigenvalue weighted by Crippen LogP contribution is -1.92. The molecule has 0 bridgehead atoms. The molecule has 6 heteroatoms. The molecule has 0 atom stereocenters. The molecule has 0 unspecified atom stereocenters. The lowest BCUT2D eigenvalue weighted by Gasteiger charge is -1.77. The van der Waals surface area contributed by atoms with Crippen molar-refractivity contribution in [1.82, 2.24) is 0 Å². The molecule has 0 aromatic carbocycles. The van der Waals surface area contributed by atoms with Gasteiger partial charge >= 0.3 is 0 Å². The van der Waals surface area contributed by atoms with E-state index in [2.05, 4.69) is 4.39 Å². The van der Waals surface area contributed by atoms with E-state index in [0.29, 0.717) is 6.26 Å². The lowest BCUT2D eigenvalue weighted by molar-refractivity contribution is 0.00420. The summed E-state index contributed by atoms with van der Waals surface area (Å²) < 4.78 is 31.6. The van der Waals surface area contributed by atoms with Crippen molar-refractivity contribution in [2.45, 2.75) is 0 Å². The molecule has 0 aliphatic rings. The van der Waals surface area contributed by atoms with Gasteiger partial charge in [-0.2, -0.15) is 8.42 Å². The molecule has 0 radical (unpaired) electrons. The van der Waals surface area contributed by atoms with Gasteiger partial charge in [-0.1, -0.05) is 4.39 Å². The van der Waals surface area contributed by atoms with Gasteiger partial charge in [-0.15, -0.1) is 0 Å². The van der Waals surface area contributed by atoms with Crippen LogP contribution in [0.5, 0.6) is 0 Å². The predicted octanol–water partition coefficient (Wildman–Crippen LogP) is -1.60. The minimum absolute atomic E-state index is 0. The normalized spacial score (nSPS) is 10.0. The van der Waals surface area contributed by atoms with E-state index in [1.807, 2.05) is 0 Å². The molecule has 3 nitrogen and oxygen atoms in total. The fourth-order valence-electron chi connectivity index (χ4n) is 0. The Hall–Kier alpha value is 0.0569. The highest BCUT2D eigenvalue weighted by atomic mass is 32.2. The highest BCUT2D eigenvalue weighted by molar-refractivity contribution is 7.85. The SMILES string of the molecule is CS(=O)(=O)OF.[SiH4]. The molecule has 0 fully saturated rings. The third-order valence-corrected chi connectivity index (χ3v) is 0.343. The van der Waals surface area contributed by atoms with Gasteiger partial charge in [0.2, 0.25) is 0 Å². The van der Waals surface area contributed by atoms with Gasteiger partial charge in [0, 0.05) is 0 Å². The first-order chi connectivity index (χ1) is 2.56. The Morgan fingerprint density at radius 2 is 1.71 bits per heavy atom. The standard InChI is InChI=1S/CH3FO3S.H4Si/c1-6(3,4)5-2;/h1H3;1H4. The fourth-order valence-corrected chi connectivity index (χ4v) is 0.